The van der Waals surface area contributed by atoms with Gasteiger partial charge < -0.3 is 9.74 Å². The molecule has 0 aliphatic carbocycles. The third-order valence-corrected chi connectivity index (χ3v) is 3.78. The van der Waals surface area contributed by atoms with E-state index in [4.69, 9.17) is 4.84 Å². The molecule has 0 spiro atoms. The first-order valence-electron chi connectivity index (χ1n) is 6.45. The van der Waals surface area contributed by atoms with Crippen molar-refractivity contribution in [3.63, 3.8) is 0 Å². The number of nitrogens with zero attached hydrogens (tertiary/aromatic N) is 2. The van der Waals surface area contributed by atoms with Gasteiger partial charge in [0.05, 0.1) is 5.75 Å². The van der Waals surface area contributed by atoms with Crippen molar-refractivity contribution in [2.24, 2.45) is 0 Å². The molecule has 1 heterocycles. The Labute approximate surface area is 117 Å². The predicted octanol–water partition coefficient (Wildman–Crippen LogP) is 0.669. The lowest BCUT2D eigenvalue weighted by Gasteiger charge is -2.17. The van der Waals surface area contributed by atoms with E-state index in [1.807, 2.05) is 0 Å². The van der Waals surface area contributed by atoms with Crippen molar-refractivity contribution in [2.45, 2.75) is 26.7 Å². The molecule has 19 heavy (non-hydrogen) atoms. The Morgan fingerprint density at radius 2 is 1.84 bits per heavy atom. The molecule has 1 fully saturated rings. The molecule has 7 heteroatoms. The van der Waals surface area contributed by atoms with Crippen LogP contribution in [0.25, 0.3) is 0 Å². The quantitative estimate of drug-likeness (QED) is 0.483. The normalized spacial score (nSPS) is 15.4. The molecule has 0 aromatic heterocycles. The molecule has 0 aromatic carbocycles. The first-order chi connectivity index (χ1) is 9.08. The second-order valence-electron chi connectivity index (χ2n) is 4.12. The van der Waals surface area contributed by atoms with Gasteiger partial charge in [0.15, 0.2) is 0 Å². The van der Waals surface area contributed by atoms with Gasteiger partial charge in [0.2, 0.25) is 0 Å². The third-order valence-electron chi connectivity index (χ3n) is 2.87. The molecule has 0 radical (unpaired) electrons. The van der Waals surface area contributed by atoms with E-state index in [1.54, 1.807) is 0 Å². The van der Waals surface area contributed by atoms with Gasteiger partial charge in [-0.15, -0.1) is 16.8 Å². The first kappa shape index (κ1) is 16.0. The Morgan fingerprint density at radius 1 is 1.26 bits per heavy atom. The van der Waals surface area contributed by atoms with Gasteiger partial charge in [0, 0.05) is 25.1 Å². The van der Waals surface area contributed by atoms with Crippen molar-refractivity contribution in [3.8, 4) is 0 Å². The first-order valence-corrected chi connectivity index (χ1v) is 7.60. The van der Waals surface area contributed by atoms with Crippen LogP contribution < -0.4 is 0 Å². The molecular weight excluding hydrogens is 268 g/mol. The van der Waals surface area contributed by atoms with Crippen LogP contribution in [0.1, 0.15) is 26.7 Å². The van der Waals surface area contributed by atoms with E-state index >= 15 is 0 Å². The summed E-state index contributed by atoms with van der Waals surface area (Å²) in [4.78, 5) is 40.9. The summed E-state index contributed by atoms with van der Waals surface area (Å²) in [6.07, 6.45) is 0.252. The van der Waals surface area contributed by atoms with Gasteiger partial charge in [-0.05, 0) is 13.1 Å². The standard InChI is InChI=1S/C12H20N2O4S/c1-3-13(4-2)7-8-19-9-12(17)18-14-10(15)5-6-11(14)16/h3-9H2,1-2H3. The fraction of sp³-hybridized carbons (Fsp3) is 0.750. The molecule has 0 bridgehead atoms. The van der Waals surface area contributed by atoms with Crippen molar-refractivity contribution in [1.29, 1.82) is 0 Å². The summed E-state index contributed by atoms with van der Waals surface area (Å²) in [6.45, 7) is 7.06. The lowest BCUT2D eigenvalue weighted by molar-refractivity contribution is -0.195. The largest absolute Gasteiger partial charge is 0.342 e. The molecule has 1 rings (SSSR count). The minimum atomic E-state index is -0.548. The fourth-order valence-corrected chi connectivity index (χ4v) is 2.43. The average Bonchev–Trinajstić information content (AvgIpc) is 2.71. The number of rotatable bonds is 8. The Hall–Kier alpha value is -1.08. The second kappa shape index (κ2) is 8.16. The van der Waals surface area contributed by atoms with Crippen LogP contribution in [-0.4, -0.2) is 58.9 Å². The summed E-state index contributed by atoms with van der Waals surface area (Å²) in [6, 6.07) is 0. The van der Waals surface area contributed by atoms with Crippen LogP contribution >= 0.6 is 11.8 Å². The van der Waals surface area contributed by atoms with Crippen molar-refractivity contribution in [3.05, 3.63) is 0 Å². The highest BCUT2D eigenvalue weighted by Crippen LogP contribution is 2.13. The molecule has 0 saturated carbocycles. The van der Waals surface area contributed by atoms with E-state index in [-0.39, 0.29) is 18.6 Å². The highest BCUT2D eigenvalue weighted by Gasteiger charge is 2.32. The van der Waals surface area contributed by atoms with Gasteiger partial charge in [-0.2, -0.15) is 0 Å². The average molecular weight is 288 g/mol. The minimum Gasteiger partial charge on any atom is -0.329 e. The third kappa shape index (κ3) is 5.20. The number of hydroxylamine groups is 2. The van der Waals surface area contributed by atoms with Gasteiger partial charge in [0.25, 0.3) is 11.8 Å². The molecule has 0 N–H and O–H groups in total. The zero-order chi connectivity index (χ0) is 14.3. The van der Waals surface area contributed by atoms with Crippen LogP contribution in [0.2, 0.25) is 0 Å². The van der Waals surface area contributed by atoms with Crippen molar-refractivity contribution in [1.82, 2.24) is 9.96 Å². The Bertz CT molecular complexity index is 329. The molecular formula is C12H20N2O4S. The lowest BCUT2D eigenvalue weighted by Crippen LogP contribution is -2.33. The van der Waals surface area contributed by atoms with Crippen LogP contribution in [-0.2, 0) is 19.2 Å². The molecule has 2 amide bonds. The molecule has 0 unspecified atom stereocenters. The maximum atomic E-state index is 11.5. The van der Waals surface area contributed by atoms with Crippen molar-refractivity contribution < 1.29 is 19.2 Å². The molecule has 1 saturated heterocycles. The number of carbonyl (C=O) groups is 3. The highest BCUT2D eigenvalue weighted by molar-refractivity contribution is 7.99. The summed E-state index contributed by atoms with van der Waals surface area (Å²) in [5.74, 6) is -0.456. The summed E-state index contributed by atoms with van der Waals surface area (Å²) in [5.41, 5.74) is 0. The summed E-state index contributed by atoms with van der Waals surface area (Å²) in [7, 11) is 0. The Morgan fingerprint density at radius 3 is 2.37 bits per heavy atom. The summed E-state index contributed by atoms with van der Waals surface area (Å²) in [5, 5.41) is 0.591. The molecule has 108 valence electrons. The lowest BCUT2D eigenvalue weighted by atomic mass is 10.4. The van der Waals surface area contributed by atoms with E-state index in [9.17, 15) is 14.4 Å². The molecule has 0 atom stereocenters. The van der Waals surface area contributed by atoms with Gasteiger partial charge in [0.1, 0.15) is 0 Å². The minimum absolute atomic E-state index is 0.126. The molecule has 1 aliphatic heterocycles. The van der Waals surface area contributed by atoms with E-state index < -0.39 is 17.8 Å². The zero-order valence-electron chi connectivity index (χ0n) is 11.4. The predicted molar refractivity (Wildman–Crippen MR) is 72.3 cm³/mol. The SMILES string of the molecule is CCN(CC)CCSCC(=O)ON1C(=O)CCC1=O. The van der Waals surface area contributed by atoms with E-state index in [1.165, 1.54) is 11.8 Å². The number of hydrogen-bond donors (Lipinski definition) is 0. The Balaban J connectivity index is 2.18. The molecule has 6 nitrogen and oxygen atoms in total. The number of imide groups is 1. The number of amides is 2. The van der Waals surface area contributed by atoms with Gasteiger partial charge in [-0.25, -0.2) is 4.79 Å². The fourth-order valence-electron chi connectivity index (χ4n) is 1.68. The highest BCUT2D eigenvalue weighted by atomic mass is 32.2. The van der Waals surface area contributed by atoms with E-state index in [0.29, 0.717) is 5.06 Å². The smallest absolute Gasteiger partial charge is 0.329 e. The monoisotopic (exact) mass is 288 g/mol. The van der Waals surface area contributed by atoms with Crippen LogP contribution in [0.3, 0.4) is 0 Å². The van der Waals surface area contributed by atoms with Crippen LogP contribution in [0.15, 0.2) is 0 Å². The number of hydrogen-bond acceptors (Lipinski definition) is 6. The maximum absolute atomic E-state index is 11.5. The number of carbonyl (C=O) groups excluding carboxylic acids is 3. The second-order valence-corrected chi connectivity index (χ2v) is 5.23. The van der Waals surface area contributed by atoms with Crippen LogP contribution in [0.4, 0.5) is 0 Å². The van der Waals surface area contributed by atoms with Crippen molar-refractivity contribution in [2.75, 3.05) is 31.1 Å². The van der Waals surface area contributed by atoms with Crippen LogP contribution in [0.5, 0.6) is 0 Å². The van der Waals surface area contributed by atoms with E-state index in [0.717, 1.165) is 25.4 Å². The summed E-state index contributed by atoms with van der Waals surface area (Å²) < 4.78 is 0. The molecule has 0 aromatic rings. The maximum Gasteiger partial charge on any atom is 0.342 e. The van der Waals surface area contributed by atoms with Crippen molar-refractivity contribution >= 4 is 29.5 Å². The van der Waals surface area contributed by atoms with E-state index in [2.05, 4.69) is 18.7 Å². The summed E-state index contributed by atoms with van der Waals surface area (Å²) >= 11 is 1.44. The van der Waals surface area contributed by atoms with Gasteiger partial charge in [-0.3, -0.25) is 9.59 Å². The Kier molecular flexibility index (Phi) is 6.86. The van der Waals surface area contributed by atoms with Gasteiger partial charge in [-0.1, -0.05) is 13.8 Å². The van der Waals surface area contributed by atoms with Gasteiger partial charge >= 0.3 is 5.97 Å². The zero-order valence-corrected chi connectivity index (χ0v) is 12.2. The van der Waals surface area contributed by atoms with Crippen LogP contribution in [0, 0.1) is 0 Å². The molecule has 1 aliphatic rings. The number of thioether (sulfide) groups is 1. The topological polar surface area (TPSA) is 66.9 Å².